The molecule has 24 heavy (non-hydrogen) atoms. The van der Waals surface area contributed by atoms with Gasteiger partial charge in [0.2, 0.25) is 0 Å². The Morgan fingerprint density at radius 3 is 2.88 bits per heavy atom. The minimum absolute atomic E-state index is 0.00750. The van der Waals surface area contributed by atoms with Crippen LogP contribution in [0.25, 0.3) is 11.0 Å². The Morgan fingerprint density at radius 2 is 2.12 bits per heavy atom. The van der Waals surface area contributed by atoms with E-state index in [0.717, 1.165) is 22.3 Å². The van der Waals surface area contributed by atoms with E-state index in [9.17, 15) is 9.90 Å². The molecule has 0 spiro atoms. The second-order valence-electron chi connectivity index (χ2n) is 5.77. The first-order valence-electron chi connectivity index (χ1n) is 7.69. The van der Waals surface area contributed by atoms with Gasteiger partial charge in [0.15, 0.2) is 0 Å². The van der Waals surface area contributed by atoms with Crippen molar-refractivity contribution in [2.24, 2.45) is 0 Å². The van der Waals surface area contributed by atoms with Gasteiger partial charge in [0.05, 0.1) is 17.5 Å². The first-order valence-corrected chi connectivity index (χ1v) is 8.07. The number of halogens is 1. The molecule has 0 amide bonds. The Bertz CT molecular complexity index is 843. The molecular weight excluding hydrogens is 326 g/mol. The third-order valence-electron chi connectivity index (χ3n) is 3.95. The van der Waals surface area contributed by atoms with Crippen molar-refractivity contribution >= 4 is 34.3 Å². The summed E-state index contributed by atoms with van der Waals surface area (Å²) in [6, 6.07) is 13.3. The number of carboxylic acids is 1. The standard InChI is InChI=1S/C18H18ClN3O2/c1-11-6-7-13(19)9-16(11)20-10-12(8-17(23)24)18-21-14-4-2-3-5-15(14)22-18/h2-7,9,12,20H,8,10H2,1H3,(H,21,22)(H,23,24). The van der Waals surface area contributed by atoms with Crippen LogP contribution >= 0.6 is 11.6 Å². The van der Waals surface area contributed by atoms with Gasteiger partial charge in [0.25, 0.3) is 0 Å². The zero-order valence-corrected chi connectivity index (χ0v) is 14.0. The van der Waals surface area contributed by atoms with Crippen molar-refractivity contribution in [3.8, 4) is 0 Å². The highest BCUT2D eigenvalue weighted by Crippen LogP contribution is 2.24. The van der Waals surface area contributed by atoms with Crippen LogP contribution in [0.15, 0.2) is 42.5 Å². The van der Waals surface area contributed by atoms with E-state index in [0.29, 0.717) is 17.4 Å². The number of hydrogen-bond acceptors (Lipinski definition) is 3. The summed E-state index contributed by atoms with van der Waals surface area (Å²) in [5, 5.41) is 13.2. The number of aromatic amines is 1. The Morgan fingerprint density at radius 1 is 1.33 bits per heavy atom. The lowest BCUT2D eigenvalue weighted by Crippen LogP contribution is -2.18. The third-order valence-corrected chi connectivity index (χ3v) is 4.19. The number of hydrogen-bond donors (Lipinski definition) is 3. The van der Waals surface area contributed by atoms with Gasteiger partial charge in [-0.3, -0.25) is 4.79 Å². The molecule has 1 unspecified atom stereocenters. The molecule has 2 aromatic carbocycles. The van der Waals surface area contributed by atoms with E-state index < -0.39 is 5.97 Å². The maximum absolute atomic E-state index is 11.2. The highest BCUT2D eigenvalue weighted by Gasteiger charge is 2.19. The van der Waals surface area contributed by atoms with Gasteiger partial charge in [-0.2, -0.15) is 0 Å². The van der Waals surface area contributed by atoms with E-state index in [1.54, 1.807) is 0 Å². The number of aryl methyl sites for hydroxylation is 1. The average Bonchev–Trinajstić information content (AvgIpc) is 2.98. The summed E-state index contributed by atoms with van der Waals surface area (Å²) in [5.74, 6) is -0.455. The van der Waals surface area contributed by atoms with E-state index in [-0.39, 0.29) is 12.3 Å². The number of aliphatic carboxylic acids is 1. The van der Waals surface area contributed by atoms with Crippen molar-refractivity contribution in [1.29, 1.82) is 0 Å². The molecule has 0 aliphatic rings. The van der Waals surface area contributed by atoms with E-state index in [1.165, 1.54) is 0 Å². The summed E-state index contributed by atoms with van der Waals surface area (Å²) < 4.78 is 0. The van der Waals surface area contributed by atoms with Crippen LogP contribution < -0.4 is 5.32 Å². The zero-order chi connectivity index (χ0) is 17.1. The minimum atomic E-state index is -0.856. The number of anilines is 1. The third kappa shape index (κ3) is 3.68. The number of aromatic nitrogens is 2. The molecule has 0 saturated heterocycles. The molecular formula is C18H18ClN3O2. The van der Waals surface area contributed by atoms with Crippen LogP contribution in [-0.2, 0) is 4.79 Å². The number of para-hydroxylation sites is 2. The Balaban J connectivity index is 1.83. The number of rotatable bonds is 6. The van der Waals surface area contributed by atoms with E-state index in [4.69, 9.17) is 11.6 Å². The SMILES string of the molecule is Cc1ccc(Cl)cc1NCC(CC(=O)O)c1nc2ccccc2[nH]1. The predicted molar refractivity (Wildman–Crippen MR) is 95.8 cm³/mol. The van der Waals surface area contributed by atoms with Crippen LogP contribution in [0.5, 0.6) is 0 Å². The number of imidazole rings is 1. The van der Waals surface area contributed by atoms with Crippen molar-refractivity contribution in [2.45, 2.75) is 19.3 Å². The van der Waals surface area contributed by atoms with E-state index in [2.05, 4.69) is 15.3 Å². The number of carboxylic acid groups (broad SMARTS) is 1. The molecule has 3 N–H and O–H groups in total. The first-order chi connectivity index (χ1) is 11.5. The highest BCUT2D eigenvalue weighted by molar-refractivity contribution is 6.30. The van der Waals surface area contributed by atoms with Gasteiger partial charge in [0.1, 0.15) is 5.82 Å². The topological polar surface area (TPSA) is 78.0 Å². The summed E-state index contributed by atoms with van der Waals surface area (Å²) in [7, 11) is 0. The number of nitrogens with zero attached hydrogens (tertiary/aromatic N) is 1. The van der Waals surface area contributed by atoms with Gasteiger partial charge in [-0.05, 0) is 36.8 Å². The van der Waals surface area contributed by atoms with Gasteiger partial charge in [-0.15, -0.1) is 0 Å². The van der Waals surface area contributed by atoms with Crippen molar-refractivity contribution in [1.82, 2.24) is 9.97 Å². The number of benzene rings is 2. The van der Waals surface area contributed by atoms with Crippen molar-refractivity contribution in [2.75, 3.05) is 11.9 Å². The maximum Gasteiger partial charge on any atom is 0.304 e. The fourth-order valence-electron chi connectivity index (χ4n) is 2.66. The molecule has 0 saturated carbocycles. The van der Waals surface area contributed by atoms with Crippen molar-refractivity contribution < 1.29 is 9.90 Å². The molecule has 124 valence electrons. The van der Waals surface area contributed by atoms with E-state index in [1.807, 2.05) is 49.4 Å². The molecule has 1 aromatic heterocycles. The number of nitrogens with one attached hydrogen (secondary N) is 2. The second kappa shape index (κ2) is 6.93. The van der Waals surface area contributed by atoms with Crippen LogP contribution in [0.1, 0.15) is 23.7 Å². The molecule has 0 radical (unpaired) electrons. The second-order valence-corrected chi connectivity index (χ2v) is 6.21. The van der Waals surface area contributed by atoms with Crippen LogP contribution in [0.2, 0.25) is 5.02 Å². The zero-order valence-electron chi connectivity index (χ0n) is 13.2. The Hall–Kier alpha value is -2.53. The first kappa shape index (κ1) is 16.3. The molecule has 1 atom stereocenters. The summed E-state index contributed by atoms with van der Waals surface area (Å²) in [4.78, 5) is 19.0. The monoisotopic (exact) mass is 343 g/mol. The lowest BCUT2D eigenvalue weighted by atomic mass is 10.0. The molecule has 0 aliphatic carbocycles. The summed E-state index contributed by atoms with van der Waals surface area (Å²) in [5.41, 5.74) is 3.69. The van der Waals surface area contributed by atoms with Gasteiger partial charge in [-0.25, -0.2) is 4.98 Å². The molecule has 0 fully saturated rings. The van der Waals surface area contributed by atoms with Gasteiger partial charge in [-0.1, -0.05) is 29.8 Å². The highest BCUT2D eigenvalue weighted by atomic mass is 35.5. The molecule has 1 heterocycles. The van der Waals surface area contributed by atoms with Crippen LogP contribution in [0, 0.1) is 6.92 Å². The lowest BCUT2D eigenvalue weighted by molar-refractivity contribution is -0.137. The number of fused-ring (bicyclic) bond motifs is 1. The maximum atomic E-state index is 11.2. The Kier molecular flexibility index (Phi) is 4.71. The van der Waals surface area contributed by atoms with Gasteiger partial charge >= 0.3 is 5.97 Å². The normalized spacial score (nSPS) is 12.2. The van der Waals surface area contributed by atoms with Gasteiger partial charge < -0.3 is 15.4 Å². The fraction of sp³-hybridized carbons (Fsp3) is 0.222. The van der Waals surface area contributed by atoms with Crippen LogP contribution in [0.3, 0.4) is 0 Å². The quantitative estimate of drug-likeness (QED) is 0.627. The smallest absolute Gasteiger partial charge is 0.304 e. The van der Waals surface area contributed by atoms with Gasteiger partial charge in [0, 0.05) is 23.2 Å². The average molecular weight is 344 g/mol. The number of carbonyl (C=O) groups is 1. The molecule has 0 bridgehead atoms. The molecule has 3 aromatic rings. The molecule has 0 aliphatic heterocycles. The fourth-order valence-corrected chi connectivity index (χ4v) is 2.83. The summed E-state index contributed by atoms with van der Waals surface area (Å²) in [6.07, 6.45) is -0.00750. The predicted octanol–water partition coefficient (Wildman–Crippen LogP) is 4.20. The number of H-pyrrole nitrogens is 1. The molecule has 3 rings (SSSR count). The summed E-state index contributed by atoms with van der Waals surface area (Å²) in [6.45, 7) is 2.43. The van der Waals surface area contributed by atoms with Crippen molar-refractivity contribution in [3.05, 3.63) is 58.9 Å². The molecule has 5 nitrogen and oxygen atoms in total. The van der Waals surface area contributed by atoms with E-state index >= 15 is 0 Å². The minimum Gasteiger partial charge on any atom is -0.481 e. The largest absolute Gasteiger partial charge is 0.481 e. The summed E-state index contributed by atoms with van der Waals surface area (Å²) >= 11 is 6.03. The van der Waals surface area contributed by atoms with Crippen LogP contribution in [-0.4, -0.2) is 27.6 Å². The Labute approximate surface area is 144 Å². The van der Waals surface area contributed by atoms with Crippen molar-refractivity contribution in [3.63, 3.8) is 0 Å². The lowest BCUT2D eigenvalue weighted by Gasteiger charge is -2.16. The molecule has 6 heteroatoms. The van der Waals surface area contributed by atoms with Crippen LogP contribution in [0.4, 0.5) is 5.69 Å².